The van der Waals surface area contributed by atoms with E-state index >= 15 is 0 Å². The molecule has 19 heavy (non-hydrogen) atoms. The van der Waals surface area contributed by atoms with Crippen LogP contribution in [0.25, 0.3) is 10.8 Å². The van der Waals surface area contributed by atoms with Crippen molar-refractivity contribution in [3.8, 4) is 0 Å². The quantitative estimate of drug-likeness (QED) is 0.783. The van der Waals surface area contributed by atoms with Gasteiger partial charge in [0.1, 0.15) is 5.69 Å². The number of fused-ring (bicyclic) bond motifs is 1. The third-order valence-corrected chi connectivity index (χ3v) is 3.82. The average molecular weight is 254 g/mol. The van der Waals surface area contributed by atoms with Gasteiger partial charge in [0.05, 0.1) is 0 Å². The number of hydrogen-bond acceptors (Lipinski definition) is 2. The molecule has 1 aliphatic rings. The second-order valence-electron chi connectivity index (χ2n) is 5.38. The molecule has 1 amide bonds. The highest BCUT2D eigenvalue weighted by Crippen LogP contribution is 2.21. The summed E-state index contributed by atoms with van der Waals surface area (Å²) >= 11 is 0. The summed E-state index contributed by atoms with van der Waals surface area (Å²) in [6.45, 7) is 3.91. The molecule has 0 spiro atoms. The fourth-order valence-electron chi connectivity index (χ4n) is 2.81. The van der Waals surface area contributed by atoms with E-state index < -0.39 is 0 Å². The normalized spacial score (nSPS) is 19.6. The summed E-state index contributed by atoms with van der Waals surface area (Å²) in [5, 5.41) is 2.03. The summed E-state index contributed by atoms with van der Waals surface area (Å²) in [6.07, 6.45) is 4.04. The van der Waals surface area contributed by atoms with Gasteiger partial charge in [0, 0.05) is 24.7 Å². The van der Waals surface area contributed by atoms with Crippen molar-refractivity contribution in [2.45, 2.75) is 19.8 Å². The molecule has 1 atom stereocenters. The van der Waals surface area contributed by atoms with Crippen LogP contribution < -0.4 is 0 Å². The lowest BCUT2D eigenvalue weighted by molar-refractivity contribution is 0.0679. The monoisotopic (exact) mass is 254 g/mol. The smallest absolute Gasteiger partial charge is 0.273 e. The molecule has 1 aliphatic heterocycles. The van der Waals surface area contributed by atoms with Crippen LogP contribution in [0.1, 0.15) is 30.3 Å². The molecule has 1 fully saturated rings. The molecular formula is C16H18N2O. The molecule has 2 heterocycles. The Morgan fingerprint density at radius 3 is 3.00 bits per heavy atom. The van der Waals surface area contributed by atoms with Crippen molar-refractivity contribution in [2.24, 2.45) is 5.92 Å². The molecule has 1 unspecified atom stereocenters. The Morgan fingerprint density at radius 1 is 1.32 bits per heavy atom. The molecule has 3 nitrogen and oxygen atoms in total. The number of pyridine rings is 1. The second kappa shape index (κ2) is 5.00. The molecule has 3 rings (SSSR count). The molecule has 0 bridgehead atoms. The lowest BCUT2D eigenvalue weighted by Crippen LogP contribution is -2.39. The van der Waals surface area contributed by atoms with Gasteiger partial charge in [0.2, 0.25) is 0 Å². The Balaban J connectivity index is 1.97. The van der Waals surface area contributed by atoms with Crippen LogP contribution in [-0.2, 0) is 0 Å². The van der Waals surface area contributed by atoms with Crippen LogP contribution in [0.3, 0.4) is 0 Å². The highest BCUT2D eigenvalue weighted by Gasteiger charge is 2.23. The van der Waals surface area contributed by atoms with Crippen molar-refractivity contribution in [1.82, 2.24) is 9.88 Å². The number of hydrogen-bond donors (Lipinski definition) is 0. The van der Waals surface area contributed by atoms with Crippen molar-refractivity contribution in [1.29, 1.82) is 0 Å². The Bertz CT molecular complexity index is 603. The number of amides is 1. The SMILES string of the molecule is CC1CCCN(C(=O)c2nccc3ccccc23)C1. The van der Waals surface area contributed by atoms with E-state index in [9.17, 15) is 4.79 Å². The zero-order valence-corrected chi connectivity index (χ0v) is 11.2. The minimum absolute atomic E-state index is 0.0725. The fraction of sp³-hybridized carbons (Fsp3) is 0.375. The van der Waals surface area contributed by atoms with Gasteiger partial charge >= 0.3 is 0 Å². The Kier molecular flexibility index (Phi) is 3.20. The van der Waals surface area contributed by atoms with E-state index in [1.165, 1.54) is 6.42 Å². The van der Waals surface area contributed by atoms with E-state index in [0.717, 1.165) is 30.3 Å². The molecule has 98 valence electrons. The molecule has 1 saturated heterocycles. The van der Waals surface area contributed by atoms with Crippen LogP contribution in [0.4, 0.5) is 0 Å². The van der Waals surface area contributed by atoms with Crippen molar-refractivity contribution >= 4 is 16.7 Å². The summed E-state index contributed by atoms with van der Waals surface area (Å²) in [5.41, 5.74) is 0.590. The van der Waals surface area contributed by atoms with Gasteiger partial charge in [-0.15, -0.1) is 0 Å². The van der Waals surface area contributed by atoms with Crippen LogP contribution in [0, 0.1) is 5.92 Å². The van der Waals surface area contributed by atoms with Gasteiger partial charge in [0.15, 0.2) is 0 Å². The number of piperidine rings is 1. The largest absolute Gasteiger partial charge is 0.337 e. The summed E-state index contributed by atoms with van der Waals surface area (Å²) in [7, 11) is 0. The number of aromatic nitrogens is 1. The van der Waals surface area contributed by atoms with Crippen molar-refractivity contribution in [3.63, 3.8) is 0 Å². The second-order valence-corrected chi connectivity index (χ2v) is 5.38. The molecule has 1 aromatic carbocycles. The average Bonchev–Trinajstić information content (AvgIpc) is 2.46. The molecule has 3 heteroatoms. The lowest BCUT2D eigenvalue weighted by atomic mass is 9.99. The van der Waals surface area contributed by atoms with Gasteiger partial charge in [-0.2, -0.15) is 0 Å². The van der Waals surface area contributed by atoms with Crippen LogP contribution in [0.15, 0.2) is 36.5 Å². The molecular weight excluding hydrogens is 236 g/mol. The zero-order valence-electron chi connectivity index (χ0n) is 11.2. The Labute approximate surface area is 113 Å². The topological polar surface area (TPSA) is 33.2 Å². The minimum atomic E-state index is 0.0725. The number of rotatable bonds is 1. The number of likely N-dealkylation sites (tertiary alicyclic amines) is 1. The van der Waals surface area contributed by atoms with Gasteiger partial charge in [-0.05, 0) is 30.2 Å². The maximum absolute atomic E-state index is 12.6. The molecule has 0 radical (unpaired) electrons. The first-order valence-electron chi connectivity index (χ1n) is 6.89. The maximum atomic E-state index is 12.6. The molecule has 2 aromatic rings. The summed E-state index contributed by atoms with van der Waals surface area (Å²) < 4.78 is 0. The summed E-state index contributed by atoms with van der Waals surface area (Å²) in [4.78, 5) is 18.9. The first kappa shape index (κ1) is 12.2. The van der Waals surface area contributed by atoms with Gasteiger partial charge in [-0.25, -0.2) is 0 Å². The van der Waals surface area contributed by atoms with E-state index in [1.807, 2.05) is 35.2 Å². The van der Waals surface area contributed by atoms with Crippen LogP contribution in [0.5, 0.6) is 0 Å². The third kappa shape index (κ3) is 2.33. The minimum Gasteiger partial charge on any atom is -0.337 e. The van der Waals surface area contributed by atoms with Gasteiger partial charge in [-0.1, -0.05) is 31.2 Å². The third-order valence-electron chi connectivity index (χ3n) is 3.82. The van der Waals surface area contributed by atoms with Gasteiger partial charge in [-0.3, -0.25) is 9.78 Å². The summed E-state index contributed by atoms with van der Waals surface area (Å²) in [5.74, 6) is 0.663. The van der Waals surface area contributed by atoms with Crippen molar-refractivity contribution in [2.75, 3.05) is 13.1 Å². The maximum Gasteiger partial charge on any atom is 0.273 e. The van der Waals surface area contributed by atoms with Crippen LogP contribution in [0.2, 0.25) is 0 Å². The lowest BCUT2D eigenvalue weighted by Gasteiger charge is -2.30. The van der Waals surface area contributed by atoms with Crippen molar-refractivity contribution in [3.05, 3.63) is 42.2 Å². The van der Waals surface area contributed by atoms with E-state index in [-0.39, 0.29) is 5.91 Å². The molecule has 0 N–H and O–H groups in total. The first-order chi connectivity index (χ1) is 9.25. The predicted molar refractivity (Wildman–Crippen MR) is 76.0 cm³/mol. The molecule has 1 aromatic heterocycles. The highest BCUT2D eigenvalue weighted by atomic mass is 16.2. The van der Waals surface area contributed by atoms with Gasteiger partial charge in [0.25, 0.3) is 5.91 Å². The Hall–Kier alpha value is -1.90. The van der Waals surface area contributed by atoms with E-state index in [0.29, 0.717) is 11.6 Å². The number of benzene rings is 1. The number of carbonyl (C=O) groups is 1. The fourth-order valence-corrected chi connectivity index (χ4v) is 2.81. The Morgan fingerprint density at radius 2 is 2.16 bits per heavy atom. The summed E-state index contributed by atoms with van der Waals surface area (Å²) in [6, 6.07) is 9.89. The molecule has 0 aliphatic carbocycles. The van der Waals surface area contributed by atoms with Gasteiger partial charge < -0.3 is 4.90 Å². The predicted octanol–water partition coefficient (Wildman–Crippen LogP) is 3.11. The first-order valence-corrected chi connectivity index (χ1v) is 6.89. The number of carbonyl (C=O) groups excluding carboxylic acids is 1. The highest BCUT2D eigenvalue weighted by molar-refractivity contribution is 6.05. The van der Waals surface area contributed by atoms with E-state index in [2.05, 4.69) is 11.9 Å². The van der Waals surface area contributed by atoms with Crippen LogP contribution in [-0.4, -0.2) is 28.9 Å². The zero-order chi connectivity index (χ0) is 13.2. The molecule has 0 saturated carbocycles. The van der Waals surface area contributed by atoms with Crippen LogP contribution >= 0.6 is 0 Å². The van der Waals surface area contributed by atoms with E-state index in [4.69, 9.17) is 0 Å². The van der Waals surface area contributed by atoms with E-state index in [1.54, 1.807) is 6.20 Å². The number of nitrogens with zero attached hydrogens (tertiary/aromatic N) is 2. The van der Waals surface area contributed by atoms with Crippen molar-refractivity contribution < 1.29 is 4.79 Å². The standard InChI is InChI=1S/C16H18N2O/c1-12-5-4-10-18(11-12)16(19)15-14-7-3-2-6-13(14)8-9-17-15/h2-3,6-9,12H,4-5,10-11H2,1H3.